The fourth-order valence-electron chi connectivity index (χ4n) is 2.12. The minimum Gasteiger partial charge on any atom is -0.496 e. The highest BCUT2D eigenvalue weighted by Gasteiger charge is 2.35. The number of nitrogen functional groups attached to an aromatic ring is 1. The summed E-state index contributed by atoms with van der Waals surface area (Å²) in [5.41, 5.74) is 5.51. The quantitative estimate of drug-likeness (QED) is 0.667. The molecule has 0 saturated heterocycles. The van der Waals surface area contributed by atoms with Crippen LogP contribution in [-0.4, -0.2) is 30.6 Å². The van der Waals surface area contributed by atoms with Crippen LogP contribution < -0.4 is 15.8 Å². The Labute approximate surface area is 124 Å². The van der Waals surface area contributed by atoms with Crippen LogP contribution in [-0.2, 0) is 4.79 Å². The molecule has 0 unspecified atom stereocenters. The molecule has 0 spiro atoms. The van der Waals surface area contributed by atoms with E-state index < -0.39 is 11.4 Å². The van der Waals surface area contributed by atoms with Gasteiger partial charge in [-0.15, -0.1) is 0 Å². The number of carboxylic acid groups (broad SMARTS) is 1. The summed E-state index contributed by atoms with van der Waals surface area (Å²) in [6, 6.07) is 4.71. The van der Waals surface area contributed by atoms with E-state index in [1.165, 1.54) is 7.11 Å². The second-order valence-corrected chi connectivity index (χ2v) is 4.93. The molecule has 0 aliphatic rings. The van der Waals surface area contributed by atoms with Gasteiger partial charge in [-0.1, -0.05) is 13.8 Å². The van der Waals surface area contributed by atoms with E-state index in [-0.39, 0.29) is 12.5 Å². The number of carboxylic acids is 1. The van der Waals surface area contributed by atoms with Crippen LogP contribution >= 0.6 is 0 Å². The van der Waals surface area contributed by atoms with Crippen molar-refractivity contribution in [3.05, 3.63) is 23.8 Å². The molecule has 0 aliphatic carbocycles. The molecule has 1 amide bonds. The molecular formula is C15H22N2O4. The standard InChI is InChI=1S/C15H22N2O4/c1-4-15(5-2,14(19)20)9-17-13(18)11-7-6-10(16)8-12(11)21-3/h6-8H,4-5,9,16H2,1-3H3,(H,17,18)(H,19,20). The van der Waals surface area contributed by atoms with E-state index in [4.69, 9.17) is 10.5 Å². The maximum absolute atomic E-state index is 12.2. The van der Waals surface area contributed by atoms with Crippen molar-refractivity contribution in [3.63, 3.8) is 0 Å². The van der Waals surface area contributed by atoms with Gasteiger partial charge in [0, 0.05) is 18.3 Å². The fourth-order valence-corrected chi connectivity index (χ4v) is 2.12. The van der Waals surface area contributed by atoms with Gasteiger partial charge in [0.1, 0.15) is 5.75 Å². The van der Waals surface area contributed by atoms with Crippen molar-refractivity contribution in [3.8, 4) is 5.75 Å². The molecule has 4 N–H and O–H groups in total. The molecule has 0 fully saturated rings. The van der Waals surface area contributed by atoms with E-state index in [2.05, 4.69) is 5.32 Å². The number of aliphatic carboxylic acids is 1. The highest BCUT2D eigenvalue weighted by Crippen LogP contribution is 2.26. The third kappa shape index (κ3) is 3.65. The lowest BCUT2D eigenvalue weighted by atomic mass is 9.82. The lowest BCUT2D eigenvalue weighted by Crippen LogP contribution is -2.42. The monoisotopic (exact) mass is 294 g/mol. The van der Waals surface area contributed by atoms with Crippen LogP contribution in [0.15, 0.2) is 18.2 Å². The van der Waals surface area contributed by atoms with E-state index >= 15 is 0 Å². The van der Waals surface area contributed by atoms with Crippen LogP contribution in [0.4, 0.5) is 5.69 Å². The second-order valence-electron chi connectivity index (χ2n) is 4.93. The molecule has 0 bridgehead atoms. The predicted octanol–water partition coefficient (Wildman–Crippen LogP) is 1.90. The Hall–Kier alpha value is -2.24. The number of benzene rings is 1. The molecule has 1 aromatic rings. The Morgan fingerprint density at radius 2 is 1.95 bits per heavy atom. The molecule has 6 heteroatoms. The van der Waals surface area contributed by atoms with E-state index in [1.807, 2.05) is 0 Å². The van der Waals surface area contributed by atoms with Crippen LogP contribution in [0.5, 0.6) is 5.75 Å². The summed E-state index contributed by atoms with van der Waals surface area (Å²) in [6.07, 6.45) is 0.885. The van der Waals surface area contributed by atoms with Crippen molar-refractivity contribution >= 4 is 17.6 Å². The number of rotatable bonds is 7. The van der Waals surface area contributed by atoms with Crippen molar-refractivity contribution < 1.29 is 19.4 Å². The normalized spacial score (nSPS) is 11.0. The molecule has 1 aromatic carbocycles. The van der Waals surface area contributed by atoms with Gasteiger partial charge in [-0.25, -0.2) is 0 Å². The number of hydrogen-bond donors (Lipinski definition) is 3. The van der Waals surface area contributed by atoms with Gasteiger partial charge in [0.05, 0.1) is 18.1 Å². The van der Waals surface area contributed by atoms with Crippen molar-refractivity contribution in [2.24, 2.45) is 5.41 Å². The minimum absolute atomic E-state index is 0.0711. The third-order valence-corrected chi connectivity index (χ3v) is 3.86. The highest BCUT2D eigenvalue weighted by atomic mass is 16.5. The first-order chi connectivity index (χ1) is 9.90. The van der Waals surface area contributed by atoms with Gasteiger partial charge in [0.2, 0.25) is 0 Å². The van der Waals surface area contributed by atoms with E-state index in [1.54, 1.807) is 32.0 Å². The zero-order chi connectivity index (χ0) is 16.0. The average Bonchev–Trinajstić information content (AvgIpc) is 2.48. The zero-order valence-corrected chi connectivity index (χ0v) is 12.6. The first-order valence-electron chi connectivity index (χ1n) is 6.85. The molecule has 0 heterocycles. The van der Waals surface area contributed by atoms with Crippen LogP contribution in [0.2, 0.25) is 0 Å². The lowest BCUT2D eigenvalue weighted by Gasteiger charge is -2.27. The number of amides is 1. The summed E-state index contributed by atoms with van der Waals surface area (Å²) in [5.74, 6) is -0.919. The molecule has 0 aliphatic heterocycles. The summed E-state index contributed by atoms with van der Waals surface area (Å²) < 4.78 is 5.12. The Bertz CT molecular complexity index is 524. The van der Waals surface area contributed by atoms with Crippen molar-refractivity contribution in [2.75, 3.05) is 19.4 Å². The number of anilines is 1. The van der Waals surface area contributed by atoms with Gasteiger partial charge in [0.15, 0.2) is 0 Å². The second kappa shape index (κ2) is 6.97. The summed E-state index contributed by atoms with van der Waals surface area (Å²) >= 11 is 0. The van der Waals surface area contributed by atoms with E-state index in [9.17, 15) is 14.7 Å². The zero-order valence-electron chi connectivity index (χ0n) is 12.6. The SMILES string of the molecule is CCC(CC)(CNC(=O)c1ccc(N)cc1OC)C(=O)O. The molecule has 0 saturated carbocycles. The first-order valence-corrected chi connectivity index (χ1v) is 6.85. The average molecular weight is 294 g/mol. The molecule has 1 rings (SSSR count). The van der Waals surface area contributed by atoms with Crippen LogP contribution in [0.25, 0.3) is 0 Å². The van der Waals surface area contributed by atoms with Gasteiger partial charge in [-0.3, -0.25) is 9.59 Å². The van der Waals surface area contributed by atoms with Gasteiger partial charge >= 0.3 is 5.97 Å². The number of methoxy groups -OCH3 is 1. The number of hydrogen-bond acceptors (Lipinski definition) is 4. The van der Waals surface area contributed by atoms with Crippen molar-refractivity contribution in [1.82, 2.24) is 5.32 Å². The fraction of sp³-hybridized carbons (Fsp3) is 0.467. The Morgan fingerprint density at radius 1 is 1.33 bits per heavy atom. The van der Waals surface area contributed by atoms with Gasteiger partial charge in [0.25, 0.3) is 5.91 Å². The van der Waals surface area contributed by atoms with Crippen LogP contribution in [0.1, 0.15) is 37.0 Å². The van der Waals surface area contributed by atoms with Crippen molar-refractivity contribution in [2.45, 2.75) is 26.7 Å². The number of ether oxygens (including phenoxy) is 1. The molecule has 0 aromatic heterocycles. The first kappa shape index (κ1) is 16.8. The van der Waals surface area contributed by atoms with Gasteiger partial charge < -0.3 is 20.9 Å². The number of nitrogens with one attached hydrogen (secondary N) is 1. The molecule has 0 radical (unpaired) electrons. The maximum atomic E-state index is 12.2. The van der Waals surface area contributed by atoms with E-state index in [0.717, 1.165) is 0 Å². The highest BCUT2D eigenvalue weighted by molar-refractivity contribution is 5.97. The van der Waals surface area contributed by atoms with E-state index in [0.29, 0.717) is 29.8 Å². The number of carbonyl (C=O) groups is 2. The summed E-state index contributed by atoms with van der Waals surface area (Å²) in [5, 5.41) is 12.0. The van der Waals surface area contributed by atoms with Gasteiger partial charge in [-0.2, -0.15) is 0 Å². The van der Waals surface area contributed by atoms with Gasteiger partial charge in [-0.05, 0) is 25.0 Å². The lowest BCUT2D eigenvalue weighted by molar-refractivity contribution is -0.149. The third-order valence-electron chi connectivity index (χ3n) is 3.86. The molecule has 116 valence electrons. The largest absolute Gasteiger partial charge is 0.496 e. The summed E-state index contributed by atoms with van der Waals surface area (Å²) in [4.78, 5) is 23.6. The smallest absolute Gasteiger partial charge is 0.311 e. The number of nitrogens with two attached hydrogens (primary N) is 1. The topological polar surface area (TPSA) is 102 Å². The Morgan fingerprint density at radius 3 is 2.43 bits per heavy atom. The molecule has 0 atom stereocenters. The van der Waals surface area contributed by atoms with Crippen LogP contribution in [0, 0.1) is 5.41 Å². The maximum Gasteiger partial charge on any atom is 0.311 e. The Kier molecular flexibility index (Phi) is 5.58. The predicted molar refractivity (Wildman–Crippen MR) is 80.4 cm³/mol. The summed E-state index contributed by atoms with van der Waals surface area (Å²) in [7, 11) is 1.45. The molecule has 21 heavy (non-hydrogen) atoms. The van der Waals surface area contributed by atoms with Crippen molar-refractivity contribution in [1.29, 1.82) is 0 Å². The summed E-state index contributed by atoms with van der Waals surface area (Å²) in [6.45, 7) is 3.67. The molecular weight excluding hydrogens is 272 g/mol. The number of carbonyl (C=O) groups excluding carboxylic acids is 1. The Balaban J connectivity index is 2.89. The van der Waals surface area contributed by atoms with Crippen LogP contribution in [0.3, 0.4) is 0 Å². The minimum atomic E-state index is -0.948. The molecule has 6 nitrogen and oxygen atoms in total.